The molecule has 0 saturated heterocycles. The van der Waals surface area contributed by atoms with Crippen molar-refractivity contribution in [1.82, 2.24) is 15.0 Å². The average molecular weight is 382 g/mol. The maximum atomic E-state index is 6.04. The first-order valence-corrected chi connectivity index (χ1v) is 9.28. The number of aromatic nitrogens is 3. The van der Waals surface area contributed by atoms with Crippen LogP contribution in [0.25, 0.3) is 21.1 Å². The number of hydrogen-bond donors (Lipinski definition) is 1. The van der Waals surface area contributed by atoms with E-state index in [0.29, 0.717) is 5.02 Å². The van der Waals surface area contributed by atoms with Gasteiger partial charge in [-0.2, -0.15) is 0 Å². The predicted octanol–water partition coefficient (Wildman–Crippen LogP) is 5.59. The fourth-order valence-corrected chi connectivity index (χ4v) is 4.19. The molecule has 0 bridgehead atoms. The summed E-state index contributed by atoms with van der Waals surface area (Å²) in [6.45, 7) is 0. The van der Waals surface area contributed by atoms with Gasteiger partial charge in [-0.3, -0.25) is 4.98 Å². The second-order valence-electron chi connectivity index (χ2n) is 5.74. The van der Waals surface area contributed by atoms with Crippen molar-refractivity contribution in [2.24, 2.45) is 0 Å². The van der Waals surface area contributed by atoms with E-state index in [0.717, 1.165) is 32.3 Å². The van der Waals surface area contributed by atoms with Crippen LogP contribution in [-0.4, -0.2) is 22.1 Å². The van der Waals surface area contributed by atoms with Crippen LogP contribution in [0, 0.1) is 0 Å². The largest absolute Gasteiger partial charge is 0.372 e. The lowest BCUT2D eigenvalue weighted by molar-refractivity contribution is 0.137. The van der Waals surface area contributed by atoms with E-state index in [1.54, 1.807) is 37.0 Å². The Kier molecular flexibility index (Phi) is 4.84. The van der Waals surface area contributed by atoms with Gasteiger partial charge in [0.25, 0.3) is 0 Å². The summed E-state index contributed by atoms with van der Waals surface area (Å²) in [6.07, 6.45) is 6.98. The molecule has 0 amide bonds. The highest BCUT2D eigenvalue weighted by Gasteiger charge is 2.23. The van der Waals surface area contributed by atoms with E-state index in [-0.39, 0.29) is 6.10 Å². The Bertz CT molecular complexity index is 982. The maximum Gasteiger partial charge on any atom is 0.147 e. The van der Waals surface area contributed by atoms with Crippen molar-refractivity contribution < 1.29 is 4.74 Å². The minimum absolute atomic E-state index is 0.209. The normalized spacial score (nSPS) is 12.2. The van der Waals surface area contributed by atoms with Crippen molar-refractivity contribution >= 4 is 22.9 Å². The topological polar surface area (TPSA) is 50.8 Å². The van der Waals surface area contributed by atoms with Gasteiger partial charge in [-0.1, -0.05) is 23.7 Å². The van der Waals surface area contributed by atoms with Crippen LogP contribution in [0.4, 0.5) is 0 Å². The van der Waals surface area contributed by atoms with Gasteiger partial charge in [-0.15, -0.1) is 11.3 Å². The molecule has 3 aromatic heterocycles. The third-order valence-corrected chi connectivity index (χ3v) is 5.59. The van der Waals surface area contributed by atoms with Gasteiger partial charge in [0.15, 0.2) is 0 Å². The van der Waals surface area contributed by atoms with E-state index >= 15 is 0 Å². The van der Waals surface area contributed by atoms with Crippen molar-refractivity contribution in [3.05, 3.63) is 83.4 Å². The molecule has 0 spiro atoms. The lowest BCUT2D eigenvalue weighted by atomic mass is 10.0. The molecule has 4 rings (SSSR count). The molecule has 0 radical (unpaired) electrons. The smallest absolute Gasteiger partial charge is 0.147 e. The number of pyridine rings is 1. The third kappa shape index (κ3) is 3.29. The molecule has 0 fully saturated rings. The van der Waals surface area contributed by atoms with Crippen LogP contribution in [0.5, 0.6) is 0 Å². The Balaban J connectivity index is 1.85. The Morgan fingerprint density at radius 3 is 2.50 bits per heavy atom. The van der Waals surface area contributed by atoms with Crippen molar-refractivity contribution in [1.29, 1.82) is 0 Å². The highest BCUT2D eigenvalue weighted by molar-refractivity contribution is 7.19. The highest BCUT2D eigenvalue weighted by atomic mass is 35.5. The molecule has 130 valence electrons. The number of nitrogens with one attached hydrogen (secondary N) is 1. The lowest BCUT2D eigenvalue weighted by Gasteiger charge is -2.16. The van der Waals surface area contributed by atoms with Gasteiger partial charge in [-0.05, 0) is 41.5 Å². The van der Waals surface area contributed by atoms with E-state index in [1.807, 2.05) is 42.6 Å². The third-order valence-electron chi connectivity index (χ3n) is 4.13. The number of halogens is 1. The summed E-state index contributed by atoms with van der Waals surface area (Å²) in [5, 5.41) is 0.706. The number of thiophene rings is 1. The van der Waals surface area contributed by atoms with Gasteiger partial charge in [0.05, 0.1) is 4.88 Å². The molecule has 0 aliphatic heterocycles. The molecule has 26 heavy (non-hydrogen) atoms. The Morgan fingerprint density at radius 1 is 1.08 bits per heavy atom. The lowest BCUT2D eigenvalue weighted by Crippen LogP contribution is -2.03. The summed E-state index contributed by atoms with van der Waals surface area (Å²) in [5.41, 5.74) is 3.24. The number of ether oxygens (including phenoxy) is 1. The standard InChI is InChI=1S/C20H16ClN3OS/c1-25-18(14-2-4-15(21)5-3-14)16-12-17(13-6-8-22-9-7-13)26-19(16)20-23-10-11-24-20/h2-12,18H,1H3,(H,23,24). The molecule has 1 N–H and O–H groups in total. The zero-order valence-electron chi connectivity index (χ0n) is 14.0. The molecular formula is C20H16ClN3OS. The first-order chi connectivity index (χ1) is 12.8. The predicted molar refractivity (Wildman–Crippen MR) is 105 cm³/mol. The quantitative estimate of drug-likeness (QED) is 0.490. The first kappa shape index (κ1) is 17.0. The van der Waals surface area contributed by atoms with Gasteiger partial charge in [0.1, 0.15) is 11.9 Å². The minimum Gasteiger partial charge on any atom is -0.372 e. The van der Waals surface area contributed by atoms with Crippen molar-refractivity contribution in [3.8, 4) is 21.1 Å². The molecule has 3 heterocycles. The van der Waals surface area contributed by atoms with Crippen molar-refractivity contribution in [2.75, 3.05) is 7.11 Å². The number of nitrogens with zero attached hydrogens (tertiary/aromatic N) is 2. The molecule has 6 heteroatoms. The van der Waals surface area contributed by atoms with Gasteiger partial charge < -0.3 is 9.72 Å². The van der Waals surface area contributed by atoms with Crippen LogP contribution in [0.1, 0.15) is 17.2 Å². The second kappa shape index (κ2) is 7.41. The van der Waals surface area contributed by atoms with Crippen LogP contribution in [0.2, 0.25) is 5.02 Å². The first-order valence-electron chi connectivity index (χ1n) is 8.08. The molecule has 4 nitrogen and oxygen atoms in total. The number of rotatable bonds is 5. The zero-order chi connectivity index (χ0) is 17.9. The molecule has 0 saturated carbocycles. The fourth-order valence-electron chi connectivity index (χ4n) is 2.91. The van der Waals surface area contributed by atoms with Crippen molar-refractivity contribution in [3.63, 3.8) is 0 Å². The summed E-state index contributed by atoms with van der Waals surface area (Å²) in [4.78, 5) is 14.0. The van der Waals surface area contributed by atoms with Crippen molar-refractivity contribution in [2.45, 2.75) is 6.10 Å². The van der Waals surface area contributed by atoms with E-state index < -0.39 is 0 Å². The Morgan fingerprint density at radius 2 is 1.85 bits per heavy atom. The van der Waals surface area contributed by atoms with Gasteiger partial charge >= 0.3 is 0 Å². The van der Waals surface area contributed by atoms with Gasteiger partial charge in [0.2, 0.25) is 0 Å². The van der Waals surface area contributed by atoms with E-state index in [4.69, 9.17) is 16.3 Å². The highest BCUT2D eigenvalue weighted by Crippen LogP contribution is 2.42. The minimum atomic E-state index is -0.209. The van der Waals surface area contributed by atoms with Gasteiger partial charge in [-0.25, -0.2) is 4.98 Å². The summed E-state index contributed by atoms with van der Waals surface area (Å²) >= 11 is 7.73. The fraction of sp³-hybridized carbons (Fsp3) is 0.100. The Labute approximate surface area is 160 Å². The van der Waals surface area contributed by atoms with Crippen LogP contribution in [-0.2, 0) is 4.74 Å². The number of hydrogen-bond acceptors (Lipinski definition) is 4. The molecule has 1 aromatic carbocycles. The number of aromatic amines is 1. The number of methoxy groups -OCH3 is 1. The van der Waals surface area contributed by atoms with E-state index in [2.05, 4.69) is 21.0 Å². The molecule has 0 aliphatic carbocycles. The van der Waals surface area contributed by atoms with E-state index in [9.17, 15) is 0 Å². The Hall–Kier alpha value is -2.47. The molecule has 1 atom stereocenters. The van der Waals surface area contributed by atoms with Crippen LogP contribution in [0.3, 0.4) is 0 Å². The second-order valence-corrected chi connectivity index (χ2v) is 7.22. The summed E-state index contributed by atoms with van der Waals surface area (Å²) < 4.78 is 5.86. The summed E-state index contributed by atoms with van der Waals surface area (Å²) in [7, 11) is 1.72. The number of imidazole rings is 1. The van der Waals surface area contributed by atoms with Crippen LogP contribution in [0.15, 0.2) is 67.3 Å². The summed E-state index contributed by atoms with van der Waals surface area (Å²) in [6, 6.07) is 13.9. The average Bonchev–Trinajstić information content (AvgIpc) is 3.34. The SMILES string of the molecule is COC(c1ccc(Cl)cc1)c1cc(-c2ccncc2)sc1-c1ncc[nH]1. The van der Waals surface area contributed by atoms with Crippen LogP contribution >= 0.6 is 22.9 Å². The summed E-state index contributed by atoms with van der Waals surface area (Å²) in [5.74, 6) is 0.835. The maximum absolute atomic E-state index is 6.04. The number of H-pyrrole nitrogens is 1. The molecule has 0 aliphatic rings. The number of benzene rings is 1. The van der Waals surface area contributed by atoms with E-state index in [1.165, 1.54) is 0 Å². The zero-order valence-corrected chi connectivity index (χ0v) is 15.6. The molecule has 1 unspecified atom stereocenters. The van der Waals surface area contributed by atoms with Gasteiger partial charge in [0, 0.05) is 47.4 Å². The molecular weight excluding hydrogens is 366 g/mol. The van der Waals surface area contributed by atoms with Crippen LogP contribution < -0.4 is 0 Å². The molecule has 4 aromatic rings. The monoisotopic (exact) mass is 381 g/mol.